The highest BCUT2D eigenvalue weighted by Crippen LogP contribution is 2.30. The summed E-state index contributed by atoms with van der Waals surface area (Å²) in [6, 6.07) is 16.9. The summed E-state index contributed by atoms with van der Waals surface area (Å²) < 4.78 is 5.25. The van der Waals surface area contributed by atoms with Crippen molar-refractivity contribution < 1.29 is 14.1 Å². The monoisotopic (exact) mass is 464 g/mol. The van der Waals surface area contributed by atoms with Gasteiger partial charge >= 0.3 is 6.03 Å². The zero-order valence-electron chi connectivity index (χ0n) is 18.8. The Balaban J connectivity index is 1.32. The molecule has 1 saturated heterocycles. The molecule has 0 aliphatic carbocycles. The molecule has 3 aromatic rings. The molecule has 0 saturated carbocycles. The van der Waals surface area contributed by atoms with Crippen LogP contribution in [0.25, 0.3) is 0 Å². The number of carbonyl (C=O) groups excluding carboxylic acids is 2. The van der Waals surface area contributed by atoms with Crippen LogP contribution in [0.3, 0.4) is 0 Å². The zero-order chi connectivity index (χ0) is 23.2. The average Bonchev–Trinajstić information content (AvgIpc) is 3.15. The van der Waals surface area contributed by atoms with Crippen molar-refractivity contribution in [3.63, 3.8) is 0 Å². The summed E-state index contributed by atoms with van der Waals surface area (Å²) in [6.45, 7) is 5.06. The number of benzene rings is 2. The van der Waals surface area contributed by atoms with E-state index in [1.54, 1.807) is 11.8 Å². The lowest BCUT2D eigenvalue weighted by Gasteiger charge is -2.32. The number of carbonyl (C=O) groups is 2. The zero-order valence-corrected chi connectivity index (χ0v) is 19.7. The Morgan fingerprint density at radius 3 is 2.45 bits per heavy atom. The SMILES string of the molecule is Cc1noc(C)c1CSc1ccccc1C(=O)N1CCC(NC(=O)Nc2ccccc2)CC1. The Morgan fingerprint density at radius 1 is 1.06 bits per heavy atom. The first kappa shape index (κ1) is 22.9. The molecule has 2 N–H and O–H groups in total. The predicted molar refractivity (Wildman–Crippen MR) is 130 cm³/mol. The van der Waals surface area contributed by atoms with Gasteiger partial charge in [0.15, 0.2) is 0 Å². The van der Waals surface area contributed by atoms with E-state index in [0.29, 0.717) is 24.4 Å². The van der Waals surface area contributed by atoms with Gasteiger partial charge in [-0.1, -0.05) is 35.5 Å². The van der Waals surface area contributed by atoms with Crippen molar-refractivity contribution in [2.75, 3.05) is 18.4 Å². The largest absolute Gasteiger partial charge is 0.361 e. The van der Waals surface area contributed by atoms with Crippen LogP contribution >= 0.6 is 11.8 Å². The second-order valence-electron chi connectivity index (χ2n) is 8.12. The van der Waals surface area contributed by atoms with Gasteiger partial charge in [-0.15, -0.1) is 11.8 Å². The van der Waals surface area contributed by atoms with E-state index in [1.165, 1.54) is 0 Å². The van der Waals surface area contributed by atoms with E-state index in [9.17, 15) is 9.59 Å². The van der Waals surface area contributed by atoms with Gasteiger partial charge in [0.05, 0.1) is 11.3 Å². The van der Waals surface area contributed by atoms with Crippen LogP contribution in [-0.2, 0) is 5.75 Å². The van der Waals surface area contributed by atoms with Crippen LogP contribution in [0.4, 0.5) is 10.5 Å². The number of urea groups is 1. The first-order valence-corrected chi connectivity index (χ1v) is 12.0. The smallest absolute Gasteiger partial charge is 0.319 e. The minimum atomic E-state index is -0.216. The van der Waals surface area contributed by atoms with E-state index in [1.807, 2.05) is 73.3 Å². The fourth-order valence-electron chi connectivity index (χ4n) is 3.90. The lowest BCUT2D eigenvalue weighted by Crippen LogP contribution is -2.47. The van der Waals surface area contributed by atoms with Gasteiger partial charge in [0, 0.05) is 41.0 Å². The van der Waals surface area contributed by atoms with E-state index in [2.05, 4.69) is 15.8 Å². The van der Waals surface area contributed by atoms with Gasteiger partial charge in [0.1, 0.15) is 5.76 Å². The standard InChI is InChI=1S/C25H28N4O3S/c1-17-22(18(2)32-28-17)16-33-23-11-7-6-10-21(23)24(30)29-14-12-20(13-15-29)27-25(31)26-19-8-4-3-5-9-19/h3-11,20H,12-16H2,1-2H3,(H2,26,27,31). The predicted octanol–water partition coefficient (Wildman–Crippen LogP) is 5.01. The van der Waals surface area contributed by atoms with E-state index < -0.39 is 0 Å². The average molecular weight is 465 g/mol. The van der Waals surface area contributed by atoms with E-state index in [-0.39, 0.29) is 18.0 Å². The van der Waals surface area contributed by atoms with Gasteiger partial charge in [-0.25, -0.2) is 4.79 Å². The third-order valence-corrected chi connectivity index (χ3v) is 6.92. The van der Waals surface area contributed by atoms with Crippen LogP contribution in [0.2, 0.25) is 0 Å². The molecular weight excluding hydrogens is 436 g/mol. The minimum absolute atomic E-state index is 0.0315. The van der Waals surface area contributed by atoms with Gasteiger partial charge in [-0.2, -0.15) is 0 Å². The van der Waals surface area contributed by atoms with Crippen molar-refractivity contribution in [1.82, 2.24) is 15.4 Å². The van der Waals surface area contributed by atoms with Crippen molar-refractivity contribution in [3.05, 3.63) is 77.2 Å². The van der Waals surface area contributed by atoms with Crippen LogP contribution < -0.4 is 10.6 Å². The molecule has 2 aromatic carbocycles. The molecule has 0 radical (unpaired) electrons. The Bertz CT molecular complexity index is 1090. The third-order valence-electron chi connectivity index (χ3n) is 5.82. The first-order valence-electron chi connectivity index (χ1n) is 11.1. The highest BCUT2D eigenvalue weighted by Gasteiger charge is 2.26. The number of hydrogen-bond donors (Lipinski definition) is 2. The molecule has 0 spiro atoms. The second-order valence-corrected chi connectivity index (χ2v) is 9.14. The number of nitrogens with zero attached hydrogens (tertiary/aromatic N) is 2. The Morgan fingerprint density at radius 2 is 1.76 bits per heavy atom. The van der Waals surface area contributed by atoms with Gasteiger partial charge in [-0.3, -0.25) is 4.79 Å². The molecule has 172 valence electrons. The number of rotatable bonds is 6. The Kier molecular flexibility index (Phi) is 7.34. The molecule has 0 unspecified atom stereocenters. The Labute approximate surface area is 197 Å². The number of aryl methyl sites for hydroxylation is 2. The summed E-state index contributed by atoms with van der Waals surface area (Å²) in [6.07, 6.45) is 1.45. The van der Waals surface area contributed by atoms with E-state index in [0.717, 1.165) is 40.4 Å². The summed E-state index contributed by atoms with van der Waals surface area (Å²) in [5.74, 6) is 1.55. The van der Waals surface area contributed by atoms with E-state index in [4.69, 9.17) is 4.52 Å². The molecular formula is C25H28N4O3S. The molecule has 1 aromatic heterocycles. The molecule has 0 atom stereocenters. The molecule has 1 fully saturated rings. The molecule has 0 bridgehead atoms. The van der Waals surface area contributed by atoms with Crippen LogP contribution in [0.1, 0.15) is 40.2 Å². The first-order chi connectivity index (χ1) is 16.0. The summed E-state index contributed by atoms with van der Waals surface area (Å²) >= 11 is 1.62. The second kappa shape index (κ2) is 10.6. The van der Waals surface area contributed by atoms with Crippen LogP contribution in [0.5, 0.6) is 0 Å². The molecule has 2 heterocycles. The number of nitrogens with one attached hydrogen (secondary N) is 2. The molecule has 33 heavy (non-hydrogen) atoms. The normalized spacial score (nSPS) is 14.2. The fraction of sp³-hybridized carbons (Fsp3) is 0.320. The van der Waals surface area contributed by atoms with Crippen LogP contribution in [-0.4, -0.2) is 41.1 Å². The summed E-state index contributed by atoms with van der Waals surface area (Å²) in [5.41, 5.74) is 3.42. The lowest BCUT2D eigenvalue weighted by atomic mass is 10.0. The quantitative estimate of drug-likeness (QED) is 0.501. The Hall–Kier alpha value is -3.26. The maximum Gasteiger partial charge on any atom is 0.319 e. The number of aromatic nitrogens is 1. The fourth-order valence-corrected chi connectivity index (χ4v) is 5.10. The molecule has 3 amide bonds. The van der Waals surface area contributed by atoms with Gasteiger partial charge in [0.2, 0.25) is 0 Å². The summed E-state index contributed by atoms with van der Waals surface area (Å²) in [7, 11) is 0. The maximum atomic E-state index is 13.3. The number of amides is 3. The topological polar surface area (TPSA) is 87.5 Å². The number of likely N-dealkylation sites (tertiary alicyclic amines) is 1. The highest BCUT2D eigenvalue weighted by atomic mass is 32.2. The molecule has 4 rings (SSSR count). The van der Waals surface area contributed by atoms with Crippen molar-refractivity contribution in [1.29, 1.82) is 0 Å². The lowest BCUT2D eigenvalue weighted by molar-refractivity contribution is 0.0705. The molecule has 7 nitrogen and oxygen atoms in total. The number of piperidine rings is 1. The van der Waals surface area contributed by atoms with Gasteiger partial charge < -0.3 is 20.1 Å². The third kappa shape index (κ3) is 5.76. The molecule has 1 aliphatic heterocycles. The molecule has 8 heteroatoms. The highest BCUT2D eigenvalue weighted by molar-refractivity contribution is 7.98. The van der Waals surface area contributed by atoms with Crippen molar-refractivity contribution in [3.8, 4) is 0 Å². The van der Waals surface area contributed by atoms with E-state index >= 15 is 0 Å². The van der Waals surface area contributed by atoms with Crippen LogP contribution in [0.15, 0.2) is 64.0 Å². The molecule has 1 aliphatic rings. The van der Waals surface area contributed by atoms with Crippen LogP contribution in [0, 0.1) is 13.8 Å². The van der Waals surface area contributed by atoms with Crippen molar-refractivity contribution in [2.45, 2.75) is 43.4 Å². The number of para-hydroxylation sites is 1. The maximum absolute atomic E-state index is 13.3. The minimum Gasteiger partial charge on any atom is -0.361 e. The summed E-state index contributed by atoms with van der Waals surface area (Å²) in [5, 5.41) is 9.88. The number of thioether (sulfide) groups is 1. The number of anilines is 1. The van der Waals surface area contributed by atoms with Crippen molar-refractivity contribution >= 4 is 29.4 Å². The van der Waals surface area contributed by atoms with Crippen molar-refractivity contribution in [2.24, 2.45) is 0 Å². The van der Waals surface area contributed by atoms with Gasteiger partial charge in [-0.05, 0) is 51.0 Å². The van der Waals surface area contributed by atoms with Gasteiger partial charge in [0.25, 0.3) is 5.91 Å². The number of hydrogen-bond acceptors (Lipinski definition) is 5. The summed E-state index contributed by atoms with van der Waals surface area (Å²) in [4.78, 5) is 28.4.